The van der Waals surface area contributed by atoms with Crippen molar-refractivity contribution in [3.8, 4) is 0 Å². The molecule has 3 N–H and O–H groups in total. The van der Waals surface area contributed by atoms with Crippen LogP contribution in [0.5, 0.6) is 0 Å². The van der Waals surface area contributed by atoms with Crippen LogP contribution in [0.15, 0.2) is 53.9 Å². The summed E-state index contributed by atoms with van der Waals surface area (Å²) < 4.78 is 0. The molecule has 8 heteroatoms. The molecule has 0 aliphatic heterocycles. The first-order chi connectivity index (χ1) is 16.2. The van der Waals surface area contributed by atoms with E-state index in [2.05, 4.69) is 5.43 Å². The Balaban J connectivity index is 2.27. The monoisotopic (exact) mass is 485 g/mol. The number of hydrogen-bond donors (Lipinski definition) is 3. The largest absolute Gasteiger partial charge is 0.289 e. The fourth-order valence-corrected chi connectivity index (χ4v) is 4.38. The van der Waals surface area contributed by atoms with Crippen molar-refractivity contribution in [2.45, 2.75) is 40.5 Å². The van der Waals surface area contributed by atoms with Crippen LogP contribution < -0.4 is 10.9 Å². The van der Waals surface area contributed by atoms with E-state index in [1.165, 1.54) is 16.3 Å². The van der Waals surface area contributed by atoms with Crippen LogP contribution in [0, 0.1) is 23.7 Å². The van der Waals surface area contributed by atoms with Gasteiger partial charge in [-0.15, -0.1) is 11.3 Å². The molecule has 0 fully saturated rings. The summed E-state index contributed by atoms with van der Waals surface area (Å²) in [5.74, 6) is -2.62. The lowest BCUT2D eigenvalue weighted by Crippen LogP contribution is -2.52. The summed E-state index contributed by atoms with van der Waals surface area (Å²) in [6.07, 6.45) is 4.40. The van der Waals surface area contributed by atoms with E-state index in [0.29, 0.717) is 17.8 Å². The number of benzene rings is 1. The molecule has 1 heterocycles. The van der Waals surface area contributed by atoms with Crippen molar-refractivity contribution in [2.24, 2.45) is 23.7 Å². The van der Waals surface area contributed by atoms with Crippen molar-refractivity contribution in [3.63, 3.8) is 0 Å². The highest BCUT2D eigenvalue weighted by molar-refractivity contribution is 7.12. The molecule has 0 aliphatic carbocycles. The van der Waals surface area contributed by atoms with E-state index >= 15 is 0 Å². The van der Waals surface area contributed by atoms with Gasteiger partial charge in [0.15, 0.2) is 0 Å². The van der Waals surface area contributed by atoms with Gasteiger partial charge in [-0.05, 0) is 41.7 Å². The minimum absolute atomic E-state index is 0.120. The second-order valence-electron chi connectivity index (χ2n) is 9.13. The van der Waals surface area contributed by atoms with E-state index in [4.69, 9.17) is 0 Å². The molecule has 0 saturated carbocycles. The lowest BCUT2D eigenvalue weighted by molar-refractivity contribution is -0.142. The van der Waals surface area contributed by atoms with Gasteiger partial charge in [0, 0.05) is 6.54 Å². The maximum atomic E-state index is 13.5. The fourth-order valence-electron chi connectivity index (χ4n) is 3.71. The highest BCUT2D eigenvalue weighted by Crippen LogP contribution is 2.26. The Bertz CT molecular complexity index is 942. The Morgan fingerprint density at radius 3 is 2.24 bits per heavy atom. The first-order valence-corrected chi connectivity index (χ1v) is 12.4. The van der Waals surface area contributed by atoms with Gasteiger partial charge in [-0.3, -0.25) is 25.0 Å². The van der Waals surface area contributed by atoms with Gasteiger partial charge in [-0.1, -0.05) is 76.2 Å². The zero-order valence-electron chi connectivity index (χ0n) is 20.2. The number of hydroxylamine groups is 1. The molecular weight excluding hydrogens is 450 g/mol. The third-order valence-electron chi connectivity index (χ3n) is 5.26. The molecular formula is C26H35N3O4S. The smallest absolute Gasteiger partial charge is 0.282 e. The van der Waals surface area contributed by atoms with Crippen molar-refractivity contribution >= 4 is 35.1 Å². The summed E-state index contributed by atoms with van der Waals surface area (Å²) in [5, 5.41) is 12.5. The van der Waals surface area contributed by atoms with E-state index < -0.39 is 23.7 Å². The number of rotatable bonds is 11. The van der Waals surface area contributed by atoms with Gasteiger partial charge < -0.3 is 0 Å². The molecule has 2 aromatic rings. The molecule has 184 valence electrons. The molecule has 0 spiro atoms. The normalized spacial score (nSPS) is 13.1. The fraction of sp³-hybridized carbons (Fsp3) is 0.423. The van der Waals surface area contributed by atoms with Crippen molar-refractivity contribution in [1.29, 1.82) is 0 Å². The quantitative estimate of drug-likeness (QED) is 0.315. The van der Waals surface area contributed by atoms with Gasteiger partial charge in [0.05, 0.1) is 16.7 Å². The first-order valence-electron chi connectivity index (χ1n) is 11.5. The predicted molar refractivity (Wildman–Crippen MR) is 135 cm³/mol. The van der Waals surface area contributed by atoms with Crippen molar-refractivity contribution in [2.75, 3.05) is 6.54 Å². The molecule has 0 bridgehead atoms. The summed E-state index contributed by atoms with van der Waals surface area (Å²) in [5.41, 5.74) is 5.47. The van der Waals surface area contributed by atoms with Gasteiger partial charge in [0.2, 0.25) is 11.8 Å². The predicted octanol–water partition coefficient (Wildman–Crippen LogP) is 4.76. The molecule has 1 aromatic heterocycles. The molecule has 1 aromatic carbocycles. The Labute approximate surface area is 205 Å². The number of amides is 3. The molecule has 0 aliphatic rings. The maximum absolute atomic E-state index is 13.5. The third-order valence-corrected chi connectivity index (χ3v) is 6.12. The Kier molecular flexibility index (Phi) is 11.0. The standard InChI is InChI=1S/C26H35N3O4S/c1-18(2)16-22(21(25(31)28-33)13-8-12-20-10-6-5-7-11-20)24(30)27-29(17-19(3)4)26(32)23-14-9-15-34-23/h5-12,14-15,18-19,21-22,33H,13,16-17H2,1-4H3,(H,27,30)(H,28,31)/t21-,22+/m0/s1. The minimum atomic E-state index is -0.801. The van der Waals surface area contributed by atoms with Crippen LogP contribution in [0.2, 0.25) is 0 Å². The van der Waals surface area contributed by atoms with Gasteiger partial charge in [-0.25, -0.2) is 10.5 Å². The molecule has 7 nitrogen and oxygen atoms in total. The van der Waals surface area contributed by atoms with Crippen LogP contribution in [0.3, 0.4) is 0 Å². The first kappa shape index (κ1) is 27.3. The number of allylic oxidation sites excluding steroid dienone is 1. The van der Waals surface area contributed by atoms with Crippen LogP contribution in [0.25, 0.3) is 6.08 Å². The van der Waals surface area contributed by atoms with E-state index in [0.717, 1.165) is 5.56 Å². The van der Waals surface area contributed by atoms with Crippen LogP contribution in [0.4, 0.5) is 0 Å². The van der Waals surface area contributed by atoms with Gasteiger partial charge >= 0.3 is 0 Å². The second kappa shape index (κ2) is 13.7. The number of nitrogens with zero attached hydrogens (tertiary/aromatic N) is 1. The van der Waals surface area contributed by atoms with Crippen molar-refractivity contribution < 1.29 is 19.6 Å². The summed E-state index contributed by atoms with van der Waals surface area (Å²) in [6, 6.07) is 13.1. The zero-order chi connectivity index (χ0) is 25.1. The average molecular weight is 486 g/mol. The van der Waals surface area contributed by atoms with Crippen molar-refractivity contribution in [3.05, 3.63) is 64.4 Å². The van der Waals surface area contributed by atoms with E-state index in [-0.39, 0.29) is 24.2 Å². The number of thiophene rings is 1. The van der Waals surface area contributed by atoms with E-state index in [9.17, 15) is 19.6 Å². The molecule has 0 unspecified atom stereocenters. The van der Waals surface area contributed by atoms with Gasteiger partial charge in [0.25, 0.3) is 5.91 Å². The lowest BCUT2D eigenvalue weighted by atomic mass is 9.82. The number of hydrazine groups is 1. The topological polar surface area (TPSA) is 98.7 Å². The molecule has 34 heavy (non-hydrogen) atoms. The number of carbonyl (C=O) groups excluding carboxylic acids is 3. The van der Waals surface area contributed by atoms with Crippen LogP contribution in [-0.2, 0) is 9.59 Å². The van der Waals surface area contributed by atoms with E-state index in [1.807, 2.05) is 75.6 Å². The summed E-state index contributed by atoms with van der Waals surface area (Å²) in [6.45, 7) is 8.20. The van der Waals surface area contributed by atoms with Crippen LogP contribution in [-0.4, -0.2) is 34.5 Å². The van der Waals surface area contributed by atoms with Crippen LogP contribution >= 0.6 is 11.3 Å². The molecule has 0 radical (unpaired) electrons. The molecule has 2 atom stereocenters. The lowest BCUT2D eigenvalue weighted by Gasteiger charge is -2.30. The summed E-state index contributed by atoms with van der Waals surface area (Å²) in [4.78, 5) is 39.6. The highest BCUT2D eigenvalue weighted by Gasteiger charge is 2.35. The number of nitrogens with one attached hydrogen (secondary N) is 2. The zero-order valence-corrected chi connectivity index (χ0v) is 21.0. The Morgan fingerprint density at radius 2 is 1.68 bits per heavy atom. The summed E-state index contributed by atoms with van der Waals surface area (Å²) >= 11 is 1.31. The molecule has 3 amide bonds. The van der Waals surface area contributed by atoms with Crippen molar-refractivity contribution in [1.82, 2.24) is 15.9 Å². The maximum Gasteiger partial charge on any atom is 0.282 e. The number of hydrogen-bond acceptors (Lipinski definition) is 5. The van der Waals surface area contributed by atoms with E-state index in [1.54, 1.807) is 17.6 Å². The Hall–Kier alpha value is -2.97. The minimum Gasteiger partial charge on any atom is -0.289 e. The second-order valence-corrected chi connectivity index (χ2v) is 10.1. The SMILES string of the molecule is CC(C)C[C@@H](C(=O)NN(CC(C)C)C(=O)c1cccs1)[C@H](CC=Cc1ccccc1)C(=O)NO. The third kappa shape index (κ3) is 8.43. The van der Waals surface area contributed by atoms with Crippen LogP contribution in [0.1, 0.15) is 55.8 Å². The highest BCUT2D eigenvalue weighted by atomic mass is 32.1. The van der Waals surface area contributed by atoms with Gasteiger partial charge in [0.1, 0.15) is 0 Å². The Morgan fingerprint density at radius 1 is 0.971 bits per heavy atom. The molecule has 2 rings (SSSR count). The molecule has 0 saturated heterocycles. The van der Waals surface area contributed by atoms with Gasteiger partial charge in [-0.2, -0.15) is 0 Å². The number of carbonyl (C=O) groups is 3. The summed E-state index contributed by atoms with van der Waals surface area (Å²) in [7, 11) is 0. The average Bonchev–Trinajstić information content (AvgIpc) is 3.34.